The van der Waals surface area contributed by atoms with Crippen molar-refractivity contribution in [3.05, 3.63) is 18.0 Å². The monoisotopic (exact) mass is 251 g/mol. The fourth-order valence-corrected chi connectivity index (χ4v) is 2.53. The van der Waals surface area contributed by atoms with Gasteiger partial charge in [-0.15, -0.1) is 0 Å². The van der Waals surface area contributed by atoms with E-state index in [9.17, 15) is 0 Å². The van der Waals surface area contributed by atoms with Crippen molar-refractivity contribution in [2.24, 2.45) is 13.0 Å². The van der Waals surface area contributed by atoms with Gasteiger partial charge in [0.1, 0.15) is 0 Å². The van der Waals surface area contributed by atoms with Crippen molar-refractivity contribution in [1.29, 1.82) is 0 Å². The first kappa shape index (κ1) is 13.6. The van der Waals surface area contributed by atoms with Gasteiger partial charge in [0.15, 0.2) is 0 Å². The largest absolute Gasteiger partial charge is 0.378 e. The van der Waals surface area contributed by atoms with Crippen molar-refractivity contribution in [2.75, 3.05) is 13.2 Å². The van der Waals surface area contributed by atoms with Crippen LogP contribution in [0.25, 0.3) is 0 Å². The van der Waals surface area contributed by atoms with Gasteiger partial charge >= 0.3 is 0 Å². The summed E-state index contributed by atoms with van der Waals surface area (Å²) in [6, 6.07) is 2.70. The fourth-order valence-electron chi connectivity index (χ4n) is 2.53. The lowest BCUT2D eigenvalue weighted by Gasteiger charge is -2.32. The van der Waals surface area contributed by atoms with Gasteiger partial charge in [0.25, 0.3) is 0 Å². The van der Waals surface area contributed by atoms with Crippen LogP contribution in [0.5, 0.6) is 0 Å². The summed E-state index contributed by atoms with van der Waals surface area (Å²) in [4.78, 5) is 0. The third kappa shape index (κ3) is 3.56. The molecule has 1 aliphatic heterocycles. The standard InChI is InChI=1S/C14H25N3O/c1-11(2)14-10-12(6-9-18-14)15-7-4-13-5-8-16-17(13)3/h5,8,11-12,14-15H,4,6-7,9-10H2,1-3H3. The Bertz CT molecular complexity index is 362. The van der Waals surface area contributed by atoms with E-state index < -0.39 is 0 Å². The molecule has 2 heterocycles. The van der Waals surface area contributed by atoms with E-state index in [4.69, 9.17) is 4.74 Å². The first-order valence-corrected chi connectivity index (χ1v) is 6.98. The SMILES string of the molecule is CC(C)C1CC(NCCc2ccnn2C)CCO1. The van der Waals surface area contributed by atoms with E-state index in [0.717, 1.165) is 32.4 Å². The molecule has 1 fully saturated rings. The lowest BCUT2D eigenvalue weighted by atomic mass is 9.95. The molecule has 0 radical (unpaired) electrons. The Morgan fingerprint density at radius 3 is 3.06 bits per heavy atom. The molecule has 2 atom stereocenters. The van der Waals surface area contributed by atoms with E-state index in [0.29, 0.717) is 18.1 Å². The summed E-state index contributed by atoms with van der Waals surface area (Å²) in [6.45, 7) is 6.40. The molecule has 0 amide bonds. The van der Waals surface area contributed by atoms with Crippen molar-refractivity contribution >= 4 is 0 Å². The number of hydrogen-bond acceptors (Lipinski definition) is 3. The van der Waals surface area contributed by atoms with E-state index in [1.54, 1.807) is 0 Å². The Morgan fingerprint density at radius 2 is 2.39 bits per heavy atom. The first-order chi connectivity index (χ1) is 8.66. The quantitative estimate of drug-likeness (QED) is 0.866. The second-order valence-corrected chi connectivity index (χ2v) is 5.52. The molecule has 2 rings (SSSR count). The molecule has 2 unspecified atom stereocenters. The Balaban J connectivity index is 1.72. The molecule has 0 bridgehead atoms. The number of nitrogens with one attached hydrogen (secondary N) is 1. The van der Waals surface area contributed by atoms with Gasteiger partial charge in [-0.1, -0.05) is 13.8 Å². The normalized spacial score (nSPS) is 24.7. The van der Waals surface area contributed by atoms with Crippen molar-refractivity contribution in [3.63, 3.8) is 0 Å². The van der Waals surface area contributed by atoms with Crippen molar-refractivity contribution < 1.29 is 4.74 Å². The number of ether oxygens (including phenoxy) is 1. The molecule has 0 spiro atoms. The second-order valence-electron chi connectivity index (χ2n) is 5.52. The van der Waals surface area contributed by atoms with Crippen LogP contribution in [0.2, 0.25) is 0 Å². The van der Waals surface area contributed by atoms with Crippen LogP contribution in [0.4, 0.5) is 0 Å². The average Bonchev–Trinajstić information content (AvgIpc) is 2.76. The van der Waals surface area contributed by atoms with Gasteiger partial charge in [-0.25, -0.2) is 0 Å². The highest BCUT2D eigenvalue weighted by Crippen LogP contribution is 2.20. The highest BCUT2D eigenvalue weighted by atomic mass is 16.5. The van der Waals surface area contributed by atoms with Crippen LogP contribution in [-0.2, 0) is 18.2 Å². The summed E-state index contributed by atoms with van der Waals surface area (Å²) >= 11 is 0. The van der Waals surface area contributed by atoms with Gasteiger partial charge in [0.2, 0.25) is 0 Å². The molecule has 0 saturated carbocycles. The van der Waals surface area contributed by atoms with Crippen LogP contribution in [0.1, 0.15) is 32.4 Å². The highest BCUT2D eigenvalue weighted by molar-refractivity contribution is 5.00. The first-order valence-electron chi connectivity index (χ1n) is 6.98. The van der Waals surface area contributed by atoms with Crippen LogP contribution < -0.4 is 5.32 Å². The van der Waals surface area contributed by atoms with Gasteiger partial charge in [0.05, 0.1) is 6.10 Å². The number of nitrogens with zero attached hydrogens (tertiary/aromatic N) is 2. The molecule has 1 saturated heterocycles. The minimum atomic E-state index is 0.424. The minimum absolute atomic E-state index is 0.424. The maximum absolute atomic E-state index is 5.79. The van der Waals surface area contributed by atoms with Crippen LogP contribution in [0.15, 0.2) is 12.3 Å². The molecule has 18 heavy (non-hydrogen) atoms. The predicted octanol–water partition coefficient (Wildman–Crippen LogP) is 1.76. The Hall–Kier alpha value is -0.870. The summed E-state index contributed by atoms with van der Waals surface area (Å²) < 4.78 is 7.73. The molecule has 1 N–H and O–H groups in total. The van der Waals surface area contributed by atoms with Crippen molar-refractivity contribution in [1.82, 2.24) is 15.1 Å². The lowest BCUT2D eigenvalue weighted by Crippen LogP contribution is -2.41. The minimum Gasteiger partial charge on any atom is -0.378 e. The summed E-state index contributed by atoms with van der Waals surface area (Å²) in [6.07, 6.45) is 5.60. The summed E-state index contributed by atoms with van der Waals surface area (Å²) in [7, 11) is 2.00. The van der Waals surface area contributed by atoms with Gasteiger partial charge < -0.3 is 10.1 Å². The molecule has 0 aromatic carbocycles. The van der Waals surface area contributed by atoms with E-state index in [1.807, 2.05) is 17.9 Å². The molecule has 1 aromatic heterocycles. The fraction of sp³-hybridized carbons (Fsp3) is 0.786. The topological polar surface area (TPSA) is 39.1 Å². The molecule has 102 valence electrons. The summed E-state index contributed by atoms with van der Waals surface area (Å²) in [5.41, 5.74) is 1.29. The van der Waals surface area contributed by atoms with E-state index in [1.165, 1.54) is 5.69 Å². The zero-order chi connectivity index (χ0) is 13.0. The Labute approximate surface area is 110 Å². The third-order valence-electron chi connectivity index (χ3n) is 3.80. The maximum Gasteiger partial charge on any atom is 0.0612 e. The molecule has 0 aliphatic carbocycles. The summed E-state index contributed by atoms with van der Waals surface area (Å²) in [5.74, 6) is 0.617. The number of rotatable bonds is 5. The third-order valence-corrected chi connectivity index (χ3v) is 3.80. The van der Waals surface area contributed by atoms with Crippen LogP contribution in [0.3, 0.4) is 0 Å². The zero-order valence-electron chi connectivity index (χ0n) is 11.7. The van der Waals surface area contributed by atoms with Gasteiger partial charge in [-0.2, -0.15) is 5.10 Å². The Kier molecular flexibility index (Phi) is 4.78. The average molecular weight is 251 g/mol. The molecule has 4 nitrogen and oxygen atoms in total. The van der Waals surface area contributed by atoms with E-state index >= 15 is 0 Å². The molecule has 1 aromatic rings. The second kappa shape index (κ2) is 6.34. The number of aryl methyl sites for hydroxylation is 1. The Morgan fingerprint density at radius 1 is 1.56 bits per heavy atom. The van der Waals surface area contributed by atoms with Crippen molar-refractivity contribution in [2.45, 2.75) is 45.3 Å². The number of aromatic nitrogens is 2. The molecular formula is C14H25N3O. The molecule has 4 heteroatoms. The number of hydrogen-bond donors (Lipinski definition) is 1. The molecule has 1 aliphatic rings. The van der Waals surface area contributed by atoms with E-state index in [-0.39, 0.29) is 0 Å². The van der Waals surface area contributed by atoms with Gasteiger partial charge in [-0.3, -0.25) is 4.68 Å². The smallest absolute Gasteiger partial charge is 0.0612 e. The lowest BCUT2D eigenvalue weighted by molar-refractivity contribution is -0.0242. The van der Waals surface area contributed by atoms with Crippen LogP contribution in [0, 0.1) is 5.92 Å². The van der Waals surface area contributed by atoms with Gasteiger partial charge in [0, 0.05) is 44.6 Å². The molecular weight excluding hydrogens is 226 g/mol. The zero-order valence-corrected chi connectivity index (χ0v) is 11.7. The summed E-state index contributed by atoms with van der Waals surface area (Å²) in [5, 5.41) is 7.84. The van der Waals surface area contributed by atoms with E-state index in [2.05, 4.69) is 30.3 Å². The highest BCUT2D eigenvalue weighted by Gasteiger charge is 2.24. The predicted molar refractivity (Wildman–Crippen MR) is 72.5 cm³/mol. The van der Waals surface area contributed by atoms with Gasteiger partial charge in [-0.05, 0) is 24.8 Å². The van der Waals surface area contributed by atoms with Crippen molar-refractivity contribution in [3.8, 4) is 0 Å². The van der Waals surface area contributed by atoms with Crippen LogP contribution in [-0.4, -0.2) is 35.1 Å². The maximum atomic E-state index is 5.79. The van der Waals surface area contributed by atoms with Crippen LogP contribution >= 0.6 is 0 Å².